The Labute approximate surface area is 178 Å². The summed E-state index contributed by atoms with van der Waals surface area (Å²) in [7, 11) is 1.69. The molecule has 0 heterocycles. The predicted octanol–water partition coefficient (Wildman–Crippen LogP) is 6.25. The molecule has 0 radical (unpaired) electrons. The fourth-order valence-corrected chi connectivity index (χ4v) is 3.89. The van der Waals surface area contributed by atoms with Gasteiger partial charge in [0.15, 0.2) is 0 Å². The molecule has 0 aliphatic heterocycles. The molecule has 0 saturated heterocycles. The van der Waals surface area contributed by atoms with Crippen LogP contribution in [0, 0.1) is 0 Å². The Morgan fingerprint density at radius 1 is 0.567 bits per heavy atom. The van der Waals surface area contributed by atoms with E-state index in [0.717, 1.165) is 28.9 Å². The van der Waals surface area contributed by atoms with Gasteiger partial charge in [-0.2, -0.15) is 0 Å². The molecule has 0 amide bonds. The van der Waals surface area contributed by atoms with Crippen LogP contribution < -0.4 is 4.74 Å². The molecule has 30 heavy (non-hydrogen) atoms. The van der Waals surface area contributed by atoms with Crippen molar-refractivity contribution < 1.29 is 9.47 Å². The first-order valence-electron chi connectivity index (χ1n) is 10.3. The summed E-state index contributed by atoms with van der Waals surface area (Å²) in [6, 6.07) is 39.6. The van der Waals surface area contributed by atoms with E-state index in [0.29, 0.717) is 6.61 Å². The van der Waals surface area contributed by atoms with Gasteiger partial charge >= 0.3 is 0 Å². The summed E-state index contributed by atoms with van der Waals surface area (Å²) in [5, 5.41) is 0. The van der Waals surface area contributed by atoms with Crippen molar-refractivity contribution in [1.29, 1.82) is 0 Å². The summed E-state index contributed by atoms with van der Waals surface area (Å²) in [5.74, 6) is 0.832. The third-order valence-electron chi connectivity index (χ3n) is 5.41. The van der Waals surface area contributed by atoms with Gasteiger partial charge in [-0.3, -0.25) is 0 Å². The Morgan fingerprint density at radius 3 is 1.53 bits per heavy atom. The van der Waals surface area contributed by atoms with Gasteiger partial charge in [0.25, 0.3) is 0 Å². The molecular weight excluding hydrogens is 368 g/mol. The smallest absolute Gasteiger partial charge is 0.143 e. The second-order valence-electron chi connectivity index (χ2n) is 7.23. The number of rotatable bonds is 8. The van der Waals surface area contributed by atoms with Gasteiger partial charge in [-0.15, -0.1) is 0 Å². The van der Waals surface area contributed by atoms with E-state index in [1.54, 1.807) is 7.11 Å². The van der Waals surface area contributed by atoms with Crippen molar-refractivity contribution >= 4 is 0 Å². The van der Waals surface area contributed by atoms with E-state index >= 15 is 0 Å². The van der Waals surface area contributed by atoms with Crippen molar-refractivity contribution in [1.82, 2.24) is 0 Å². The summed E-state index contributed by atoms with van der Waals surface area (Å²) in [5.41, 5.74) is 3.85. The molecule has 0 unspecified atom stereocenters. The third kappa shape index (κ3) is 4.14. The molecule has 0 aromatic heterocycles. The largest absolute Gasteiger partial charge is 0.497 e. The standard InChI is InChI=1S/C28H26O2/c1-29-27-19-17-26(18-20-27)28(24-13-7-3-8-14-24,25-15-9-4-10-16-25)30-22-21-23-11-5-2-6-12-23/h2-20H,21-22H2,1H3. The third-order valence-corrected chi connectivity index (χ3v) is 5.41. The predicted molar refractivity (Wildman–Crippen MR) is 122 cm³/mol. The summed E-state index contributed by atoms with van der Waals surface area (Å²) < 4.78 is 12.2. The molecule has 0 saturated carbocycles. The Bertz CT molecular complexity index is 987. The Morgan fingerprint density at radius 2 is 1.03 bits per heavy atom. The maximum atomic E-state index is 6.82. The van der Waals surface area contributed by atoms with E-state index in [-0.39, 0.29) is 0 Å². The summed E-state index contributed by atoms with van der Waals surface area (Å²) in [6.07, 6.45) is 0.846. The molecule has 0 aliphatic carbocycles. The molecule has 4 aromatic rings. The quantitative estimate of drug-likeness (QED) is 0.329. The fraction of sp³-hybridized carbons (Fsp3) is 0.143. The second-order valence-corrected chi connectivity index (χ2v) is 7.23. The van der Waals surface area contributed by atoms with Crippen LogP contribution in [0.15, 0.2) is 115 Å². The van der Waals surface area contributed by atoms with E-state index < -0.39 is 5.60 Å². The van der Waals surface area contributed by atoms with Gasteiger partial charge < -0.3 is 9.47 Å². The van der Waals surface area contributed by atoms with Crippen LogP contribution in [-0.4, -0.2) is 13.7 Å². The zero-order valence-electron chi connectivity index (χ0n) is 17.2. The first kappa shape index (κ1) is 19.9. The highest BCUT2D eigenvalue weighted by atomic mass is 16.5. The topological polar surface area (TPSA) is 18.5 Å². The summed E-state index contributed by atoms with van der Waals surface area (Å²) in [4.78, 5) is 0. The number of benzene rings is 4. The van der Waals surface area contributed by atoms with Gasteiger partial charge in [0, 0.05) is 0 Å². The molecule has 4 aromatic carbocycles. The van der Waals surface area contributed by atoms with Crippen molar-refractivity contribution in [2.24, 2.45) is 0 Å². The van der Waals surface area contributed by atoms with Crippen LogP contribution in [-0.2, 0) is 16.8 Å². The van der Waals surface area contributed by atoms with Crippen LogP contribution in [0.25, 0.3) is 0 Å². The number of ether oxygens (including phenoxy) is 2. The summed E-state index contributed by atoms with van der Waals surface area (Å²) >= 11 is 0. The SMILES string of the molecule is COc1ccc(C(OCCc2ccccc2)(c2ccccc2)c2ccccc2)cc1. The van der Waals surface area contributed by atoms with E-state index in [4.69, 9.17) is 9.47 Å². The highest BCUT2D eigenvalue weighted by Gasteiger charge is 2.37. The highest BCUT2D eigenvalue weighted by Crippen LogP contribution is 2.41. The molecular formula is C28H26O2. The average molecular weight is 395 g/mol. The number of hydrogen-bond donors (Lipinski definition) is 0. The van der Waals surface area contributed by atoms with Gasteiger partial charge in [0.1, 0.15) is 11.4 Å². The van der Waals surface area contributed by atoms with Crippen molar-refractivity contribution in [2.45, 2.75) is 12.0 Å². The lowest BCUT2D eigenvalue weighted by molar-refractivity contribution is 0.0147. The highest BCUT2D eigenvalue weighted by molar-refractivity contribution is 5.48. The first-order chi connectivity index (χ1) is 14.8. The monoisotopic (exact) mass is 394 g/mol. The first-order valence-corrected chi connectivity index (χ1v) is 10.3. The Hall–Kier alpha value is -3.36. The van der Waals surface area contributed by atoms with Gasteiger partial charge in [0.05, 0.1) is 13.7 Å². The lowest BCUT2D eigenvalue weighted by Crippen LogP contribution is -2.33. The minimum absolute atomic E-state index is 0.597. The molecule has 0 N–H and O–H groups in total. The molecule has 0 aliphatic rings. The molecule has 0 atom stereocenters. The lowest BCUT2D eigenvalue weighted by Gasteiger charge is -2.36. The van der Waals surface area contributed by atoms with Gasteiger partial charge in [0.2, 0.25) is 0 Å². The summed E-state index contributed by atoms with van der Waals surface area (Å²) in [6.45, 7) is 0.597. The fourth-order valence-electron chi connectivity index (χ4n) is 3.89. The van der Waals surface area contributed by atoms with Crippen LogP contribution in [0.3, 0.4) is 0 Å². The van der Waals surface area contributed by atoms with Gasteiger partial charge in [-0.05, 0) is 40.8 Å². The maximum Gasteiger partial charge on any atom is 0.143 e. The zero-order valence-corrected chi connectivity index (χ0v) is 17.2. The molecule has 2 heteroatoms. The molecule has 150 valence electrons. The molecule has 0 bridgehead atoms. The van der Waals surface area contributed by atoms with Crippen LogP contribution in [0.2, 0.25) is 0 Å². The van der Waals surface area contributed by atoms with Crippen LogP contribution >= 0.6 is 0 Å². The van der Waals surface area contributed by atoms with E-state index in [2.05, 4.69) is 84.9 Å². The second kappa shape index (κ2) is 9.43. The van der Waals surface area contributed by atoms with Crippen molar-refractivity contribution in [3.05, 3.63) is 138 Å². The van der Waals surface area contributed by atoms with Crippen LogP contribution in [0.4, 0.5) is 0 Å². The number of methoxy groups -OCH3 is 1. The maximum absolute atomic E-state index is 6.82. The Kier molecular flexibility index (Phi) is 6.26. The van der Waals surface area contributed by atoms with E-state index in [1.165, 1.54) is 5.56 Å². The normalized spacial score (nSPS) is 11.2. The van der Waals surface area contributed by atoms with Crippen LogP contribution in [0.5, 0.6) is 5.75 Å². The minimum Gasteiger partial charge on any atom is -0.497 e. The number of hydrogen-bond acceptors (Lipinski definition) is 2. The molecule has 0 spiro atoms. The molecule has 4 rings (SSSR count). The molecule has 2 nitrogen and oxygen atoms in total. The van der Waals surface area contributed by atoms with Crippen molar-refractivity contribution in [3.8, 4) is 5.75 Å². The van der Waals surface area contributed by atoms with E-state index in [1.807, 2.05) is 30.3 Å². The average Bonchev–Trinajstić information content (AvgIpc) is 2.84. The Balaban J connectivity index is 1.80. The molecule has 0 fully saturated rings. The lowest BCUT2D eigenvalue weighted by atomic mass is 9.80. The minimum atomic E-state index is -0.705. The van der Waals surface area contributed by atoms with Gasteiger partial charge in [-0.1, -0.05) is 103 Å². The van der Waals surface area contributed by atoms with Gasteiger partial charge in [-0.25, -0.2) is 0 Å². The zero-order chi connectivity index (χ0) is 20.7. The van der Waals surface area contributed by atoms with Crippen molar-refractivity contribution in [2.75, 3.05) is 13.7 Å². The van der Waals surface area contributed by atoms with Crippen molar-refractivity contribution in [3.63, 3.8) is 0 Å². The van der Waals surface area contributed by atoms with Crippen LogP contribution in [0.1, 0.15) is 22.3 Å². The van der Waals surface area contributed by atoms with E-state index in [9.17, 15) is 0 Å².